The van der Waals surface area contributed by atoms with Crippen molar-refractivity contribution < 1.29 is 4.79 Å². The number of ketones is 1. The van der Waals surface area contributed by atoms with Crippen molar-refractivity contribution in [2.24, 2.45) is 0 Å². The molecule has 0 aliphatic carbocycles. The van der Waals surface area contributed by atoms with Crippen molar-refractivity contribution >= 4 is 27.9 Å². The second-order valence-corrected chi connectivity index (χ2v) is 5.32. The summed E-state index contributed by atoms with van der Waals surface area (Å²) in [5.74, 6) is 0.442. The molecule has 1 aromatic carbocycles. The monoisotopic (exact) mass is 260 g/mol. The molecule has 18 heavy (non-hydrogen) atoms. The van der Waals surface area contributed by atoms with Gasteiger partial charge >= 0.3 is 0 Å². The molecule has 1 aromatic heterocycles. The number of aromatic nitrogens is 1. The fourth-order valence-corrected chi connectivity index (χ4v) is 2.48. The number of carbonyl (C=O) groups excluding carboxylic acids is 1. The molecule has 0 bridgehead atoms. The first-order chi connectivity index (χ1) is 8.58. The largest absolute Gasteiger partial charge is 0.331 e. The lowest BCUT2D eigenvalue weighted by molar-refractivity contribution is 0.101. The first-order valence-electron chi connectivity index (χ1n) is 5.90. The molecule has 0 fully saturated rings. The second-order valence-electron chi connectivity index (χ2n) is 4.46. The molecule has 0 radical (unpaired) electrons. The van der Waals surface area contributed by atoms with E-state index in [1.165, 1.54) is 23.8 Å². The number of nitrogens with one attached hydrogen (secondary N) is 1. The van der Waals surface area contributed by atoms with Gasteiger partial charge in [0.05, 0.1) is 0 Å². The third kappa shape index (κ3) is 2.76. The van der Waals surface area contributed by atoms with Gasteiger partial charge in [0.1, 0.15) is 5.69 Å². The number of carbonyl (C=O) groups is 1. The zero-order valence-electron chi connectivity index (χ0n) is 10.7. The van der Waals surface area contributed by atoms with E-state index in [0.29, 0.717) is 11.6 Å². The lowest BCUT2D eigenvalue weighted by Crippen LogP contribution is -1.98. The Bertz CT molecular complexity index is 560. The molecule has 2 rings (SSSR count). The highest BCUT2D eigenvalue weighted by Gasteiger charge is 2.09. The second kappa shape index (κ2) is 5.31. The van der Waals surface area contributed by atoms with Crippen LogP contribution >= 0.6 is 11.3 Å². The number of nitrogens with zero attached hydrogens (tertiary/aromatic N) is 1. The number of hydrogen-bond donors (Lipinski definition) is 1. The van der Waals surface area contributed by atoms with Crippen molar-refractivity contribution in [1.29, 1.82) is 0 Å². The van der Waals surface area contributed by atoms with Crippen LogP contribution in [0.15, 0.2) is 29.6 Å². The summed E-state index contributed by atoms with van der Waals surface area (Å²) >= 11 is 1.45. The third-order valence-electron chi connectivity index (χ3n) is 2.69. The van der Waals surface area contributed by atoms with E-state index in [1.807, 2.05) is 18.2 Å². The van der Waals surface area contributed by atoms with Crippen LogP contribution in [0.25, 0.3) is 0 Å². The summed E-state index contributed by atoms with van der Waals surface area (Å²) in [6, 6.07) is 8.16. The average Bonchev–Trinajstić information content (AvgIpc) is 2.78. The van der Waals surface area contributed by atoms with Crippen molar-refractivity contribution in [3.63, 3.8) is 0 Å². The van der Waals surface area contributed by atoms with Crippen molar-refractivity contribution in [2.45, 2.75) is 26.7 Å². The Kier molecular flexibility index (Phi) is 3.77. The molecule has 0 aliphatic rings. The SMILES string of the molecule is CC(=O)c1csc(Nc2ccccc2C(C)C)n1. The Balaban J connectivity index is 2.25. The van der Waals surface area contributed by atoms with Crippen LogP contribution in [0.5, 0.6) is 0 Å². The minimum absolute atomic E-state index is 0.00329. The van der Waals surface area contributed by atoms with Gasteiger partial charge in [-0.15, -0.1) is 11.3 Å². The highest BCUT2D eigenvalue weighted by atomic mass is 32.1. The number of thiazole rings is 1. The Hall–Kier alpha value is -1.68. The van der Waals surface area contributed by atoms with Crippen LogP contribution in [-0.4, -0.2) is 10.8 Å². The van der Waals surface area contributed by atoms with Crippen LogP contribution in [0, 0.1) is 0 Å². The molecule has 1 heterocycles. The minimum atomic E-state index is -0.00329. The number of para-hydroxylation sites is 1. The lowest BCUT2D eigenvalue weighted by Gasteiger charge is -2.12. The van der Waals surface area contributed by atoms with Gasteiger partial charge in [-0.1, -0.05) is 32.0 Å². The lowest BCUT2D eigenvalue weighted by atomic mass is 10.0. The molecule has 3 nitrogen and oxygen atoms in total. The van der Waals surface area contributed by atoms with Crippen LogP contribution in [0.2, 0.25) is 0 Å². The van der Waals surface area contributed by atoms with E-state index in [-0.39, 0.29) is 5.78 Å². The van der Waals surface area contributed by atoms with E-state index in [1.54, 1.807) is 5.38 Å². The summed E-state index contributed by atoms with van der Waals surface area (Å²) in [4.78, 5) is 15.5. The van der Waals surface area contributed by atoms with Gasteiger partial charge in [0.2, 0.25) is 0 Å². The molecular formula is C14H16N2OS. The summed E-state index contributed by atoms with van der Waals surface area (Å²) in [7, 11) is 0. The Labute approximate surface area is 111 Å². The minimum Gasteiger partial charge on any atom is -0.331 e. The van der Waals surface area contributed by atoms with E-state index in [9.17, 15) is 4.79 Å². The Morgan fingerprint density at radius 1 is 1.33 bits per heavy atom. The highest BCUT2D eigenvalue weighted by Crippen LogP contribution is 2.28. The van der Waals surface area contributed by atoms with Gasteiger partial charge < -0.3 is 5.32 Å². The molecule has 0 saturated carbocycles. The maximum atomic E-state index is 11.2. The van der Waals surface area contributed by atoms with Crippen molar-refractivity contribution in [3.05, 3.63) is 40.9 Å². The van der Waals surface area contributed by atoms with Gasteiger partial charge in [0.25, 0.3) is 0 Å². The Morgan fingerprint density at radius 3 is 2.67 bits per heavy atom. The van der Waals surface area contributed by atoms with E-state index in [2.05, 4.69) is 30.2 Å². The van der Waals surface area contributed by atoms with Crippen molar-refractivity contribution in [1.82, 2.24) is 4.98 Å². The molecule has 4 heteroatoms. The molecule has 0 aliphatic heterocycles. The van der Waals surface area contributed by atoms with Gasteiger partial charge in [0, 0.05) is 18.0 Å². The normalized spacial score (nSPS) is 10.7. The summed E-state index contributed by atoms with van der Waals surface area (Å²) in [5, 5.41) is 5.82. The molecule has 1 N–H and O–H groups in total. The first kappa shape index (κ1) is 12.8. The summed E-state index contributed by atoms with van der Waals surface area (Å²) in [5.41, 5.74) is 2.82. The van der Waals surface area contributed by atoms with Crippen molar-refractivity contribution in [2.75, 3.05) is 5.32 Å². The third-order valence-corrected chi connectivity index (χ3v) is 3.45. The van der Waals surface area contributed by atoms with Crippen LogP contribution in [0.4, 0.5) is 10.8 Å². The zero-order valence-corrected chi connectivity index (χ0v) is 11.5. The van der Waals surface area contributed by atoms with Crippen molar-refractivity contribution in [3.8, 4) is 0 Å². The molecule has 0 unspecified atom stereocenters. The maximum Gasteiger partial charge on any atom is 0.187 e. The number of benzene rings is 1. The predicted octanol–water partition coefficient (Wildman–Crippen LogP) is 4.21. The first-order valence-corrected chi connectivity index (χ1v) is 6.78. The number of hydrogen-bond acceptors (Lipinski definition) is 4. The van der Waals surface area contributed by atoms with Gasteiger partial charge in [-0.3, -0.25) is 4.79 Å². The molecule has 0 spiro atoms. The van der Waals surface area contributed by atoms with E-state index >= 15 is 0 Å². The number of Topliss-reactive ketones (excluding diaryl/α,β-unsaturated/α-hetero) is 1. The maximum absolute atomic E-state index is 11.2. The molecule has 0 atom stereocenters. The highest BCUT2D eigenvalue weighted by molar-refractivity contribution is 7.14. The van der Waals surface area contributed by atoms with E-state index in [0.717, 1.165) is 10.8 Å². The van der Waals surface area contributed by atoms with Crippen LogP contribution in [0.1, 0.15) is 42.7 Å². The number of rotatable bonds is 4. The Morgan fingerprint density at radius 2 is 2.06 bits per heavy atom. The van der Waals surface area contributed by atoms with E-state index < -0.39 is 0 Å². The summed E-state index contributed by atoms with van der Waals surface area (Å²) in [6.45, 7) is 5.84. The fraction of sp³-hybridized carbons (Fsp3) is 0.286. The predicted molar refractivity (Wildman–Crippen MR) is 75.9 cm³/mol. The number of anilines is 2. The summed E-state index contributed by atoms with van der Waals surface area (Å²) < 4.78 is 0. The fourth-order valence-electron chi connectivity index (χ4n) is 1.72. The summed E-state index contributed by atoms with van der Waals surface area (Å²) in [6.07, 6.45) is 0. The topological polar surface area (TPSA) is 42.0 Å². The van der Waals surface area contributed by atoms with Crippen LogP contribution in [-0.2, 0) is 0 Å². The molecule has 94 valence electrons. The molecular weight excluding hydrogens is 244 g/mol. The molecule has 0 saturated heterocycles. The van der Waals surface area contributed by atoms with Gasteiger partial charge in [-0.25, -0.2) is 4.98 Å². The molecule has 2 aromatic rings. The van der Waals surface area contributed by atoms with Gasteiger partial charge in [-0.2, -0.15) is 0 Å². The zero-order chi connectivity index (χ0) is 13.1. The quantitative estimate of drug-likeness (QED) is 0.837. The van der Waals surface area contributed by atoms with Crippen LogP contribution < -0.4 is 5.32 Å². The van der Waals surface area contributed by atoms with E-state index in [4.69, 9.17) is 0 Å². The standard InChI is InChI=1S/C14H16N2OS/c1-9(2)11-6-4-5-7-12(11)15-14-16-13(8-18-14)10(3)17/h4-9H,1-3H3,(H,15,16). The smallest absolute Gasteiger partial charge is 0.187 e. The van der Waals surface area contributed by atoms with Gasteiger partial charge in [0.15, 0.2) is 10.9 Å². The van der Waals surface area contributed by atoms with Crippen LogP contribution in [0.3, 0.4) is 0 Å². The van der Waals surface area contributed by atoms with Gasteiger partial charge in [-0.05, 0) is 17.5 Å². The average molecular weight is 260 g/mol. The molecule has 0 amide bonds.